The van der Waals surface area contributed by atoms with Gasteiger partial charge < -0.3 is 11.1 Å². The molecule has 1 aromatic heterocycles. The summed E-state index contributed by atoms with van der Waals surface area (Å²) < 4.78 is 0. The number of hydrogen-bond donors (Lipinski definition) is 2. The van der Waals surface area contributed by atoms with Crippen molar-refractivity contribution in [3.8, 4) is 6.07 Å². The summed E-state index contributed by atoms with van der Waals surface area (Å²) in [4.78, 5) is 14.3. The quantitative estimate of drug-likeness (QED) is 0.760. The van der Waals surface area contributed by atoms with Crippen molar-refractivity contribution in [2.45, 2.75) is 0 Å². The first-order valence-corrected chi connectivity index (χ1v) is 4.09. The molecule has 0 saturated carbocycles. The van der Waals surface area contributed by atoms with Crippen molar-refractivity contribution in [3.05, 3.63) is 22.8 Å². The van der Waals surface area contributed by atoms with Gasteiger partial charge in [-0.05, 0) is 6.07 Å². The molecule has 1 rings (SSSR count). The summed E-state index contributed by atoms with van der Waals surface area (Å²) in [7, 11) is 0. The van der Waals surface area contributed by atoms with Crippen LogP contribution in [0.2, 0.25) is 5.02 Å². The first-order chi connectivity index (χ1) is 6.65. The average molecular weight is 211 g/mol. The fourth-order valence-corrected chi connectivity index (χ4v) is 1.05. The summed E-state index contributed by atoms with van der Waals surface area (Å²) in [5.41, 5.74) is 5.22. The smallest absolute Gasteiger partial charge is 0.236 e. The van der Waals surface area contributed by atoms with Gasteiger partial charge in [-0.1, -0.05) is 11.6 Å². The summed E-state index contributed by atoms with van der Waals surface area (Å²) >= 11 is 5.79. The zero-order chi connectivity index (χ0) is 10.6. The van der Waals surface area contributed by atoms with E-state index in [1.54, 1.807) is 0 Å². The van der Waals surface area contributed by atoms with Crippen molar-refractivity contribution >= 4 is 23.3 Å². The van der Waals surface area contributed by atoms with E-state index in [-0.39, 0.29) is 17.4 Å². The summed E-state index contributed by atoms with van der Waals surface area (Å²) in [6.45, 7) is -0.0679. The lowest BCUT2D eigenvalue weighted by molar-refractivity contribution is -0.116. The molecular formula is C8H7ClN4O. The average Bonchev–Trinajstić information content (AvgIpc) is 2.16. The van der Waals surface area contributed by atoms with E-state index in [1.165, 1.54) is 12.3 Å². The van der Waals surface area contributed by atoms with Crippen LogP contribution >= 0.6 is 11.6 Å². The molecule has 72 valence electrons. The van der Waals surface area contributed by atoms with Crippen LogP contribution in [0, 0.1) is 11.3 Å². The van der Waals surface area contributed by atoms with Crippen molar-refractivity contribution in [2.24, 2.45) is 5.73 Å². The Labute approximate surface area is 85.5 Å². The molecule has 1 amide bonds. The van der Waals surface area contributed by atoms with Gasteiger partial charge in [-0.25, -0.2) is 4.98 Å². The van der Waals surface area contributed by atoms with Gasteiger partial charge in [0.05, 0.1) is 12.1 Å². The number of aromatic nitrogens is 1. The van der Waals surface area contributed by atoms with E-state index in [9.17, 15) is 4.79 Å². The van der Waals surface area contributed by atoms with Crippen LogP contribution in [-0.2, 0) is 4.79 Å². The maximum absolute atomic E-state index is 10.5. The zero-order valence-corrected chi connectivity index (χ0v) is 7.88. The number of nitriles is 1. The van der Waals surface area contributed by atoms with Gasteiger partial charge in [0.25, 0.3) is 0 Å². The molecule has 0 aliphatic carbocycles. The van der Waals surface area contributed by atoms with Crippen LogP contribution in [0.15, 0.2) is 12.3 Å². The highest BCUT2D eigenvalue weighted by Gasteiger charge is 2.06. The Morgan fingerprint density at radius 2 is 2.50 bits per heavy atom. The zero-order valence-electron chi connectivity index (χ0n) is 7.12. The van der Waals surface area contributed by atoms with E-state index >= 15 is 0 Å². The second-order valence-electron chi connectivity index (χ2n) is 2.45. The van der Waals surface area contributed by atoms with Gasteiger partial charge in [0, 0.05) is 6.20 Å². The fraction of sp³-hybridized carbons (Fsp3) is 0.125. The Balaban J connectivity index is 2.88. The number of nitrogens with two attached hydrogens (primary N) is 1. The van der Waals surface area contributed by atoms with Crippen molar-refractivity contribution in [2.75, 3.05) is 11.9 Å². The molecule has 0 atom stereocenters. The predicted octanol–water partition coefficient (Wildman–Crippen LogP) is 0.504. The van der Waals surface area contributed by atoms with Crippen LogP contribution in [-0.4, -0.2) is 17.4 Å². The highest BCUT2D eigenvalue weighted by molar-refractivity contribution is 6.34. The number of nitrogens with zero attached hydrogens (tertiary/aromatic N) is 2. The van der Waals surface area contributed by atoms with Crippen LogP contribution in [0.5, 0.6) is 0 Å². The normalized spacial score (nSPS) is 9.14. The Morgan fingerprint density at radius 1 is 1.79 bits per heavy atom. The number of halogens is 1. The second kappa shape index (κ2) is 4.44. The largest absolute Gasteiger partial charge is 0.368 e. The first-order valence-electron chi connectivity index (χ1n) is 3.72. The van der Waals surface area contributed by atoms with Crippen LogP contribution in [0.4, 0.5) is 5.82 Å². The monoisotopic (exact) mass is 210 g/mol. The topological polar surface area (TPSA) is 91.8 Å². The number of pyridine rings is 1. The van der Waals surface area contributed by atoms with Crippen LogP contribution < -0.4 is 11.1 Å². The van der Waals surface area contributed by atoms with Crippen LogP contribution in [0.25, 0.3) is 0 Å². The number of primary amides is 1. The van der Waals surface area contributed by atoms with Crippen molar-refractivity contribution in [1.29, 1.82) is 5.26 Å². The number of carbonyl (C=O) groups excluding carboxylic acids is 1. The highest BCUT2D eigenvalue weighted by atomic mass is 35.5. The minimum Gasteiger partial charge on any atom is -0.368 e. The predicted molar refractivity (Wildman–Crippen MR) is 51.6 cm³/mol. The molecule has 0 bridgehead atoms. The third kappa shape index (κ3) is 2.34. The molecule has 5 nitrogen and oxygen atoms in total. The summed E-state index contributed by atoms with van der Waals surface area (Å²) in [6.07, 6.45) is 1.42. The molecule has 0 spiro atoms. The summed E-state index contributed by atoms with van der Waals surface area (Å²) in [6, 6.07) is 3.38. The lowest BCUT2D eigenvalue weighted by atomic mass is 10.3. The molecular weight excluding hydrogens is 204 g/mol. The van der Waals surface area contributed by atoms with E-state index in [4.69, 9.17) is 22.6 Å². The molecule has 3 N–H and O–H groups in total. The Kier molecular flexibility index (Phi) is 3.26. The Bertz CT molecular complexity index is 399. The molecule has 0 radical (unpaired) electrons. The lowest BCUT2D eigenvalue weighted by Gasteiger charge is -2.05. The highest BCUT2D eigenvalue weighted by Crippen LogP contribution is 2.22. The van der Waals surface area contributed by atoms with Crippen LogP contribution in [0.3, 0.4) is 0 Å². The third-order valence-corrected chi connectivity index (χ3v) is 1.82. The van der Waals surface area contributed by atoms with Gasteiger partial charge in [0.1, 0.15) is 16.9 Å². The number of rotatable bonds is 3. The minimum atomic E-state index is -0.523. The minimum absolute atomic E-state index is 0.0679. The molecule has 6 heteroatoms. The number of carbonyl (C=O) groups is 1. The molecule has 14 heavy (non-hydrogen) atoms. The number of nitrogens with one attached hydrogen (secondary N) is 1. The number of hydrogen-bond acceptors (Lipinski definition) is 4. The van der Waals surface area contributed by atoms with Crippen molar-refractivity contribution < 1.29 is 4.79 Å². The van der Waals surface area contributed by atoms with E-state index < -0.39 is 5.91 Å². The first kappa shape index (κ1) is 10.3. The van der Waals surface area contributed by atoms with Crippen molar-refractivity contribution in [3.63, 3.8) is 0 Å². The number of amides is 1. The van der Waals surface area contributed by atoms with Gasteiger partial charge in [-0.15, -0.1) is 0 Å². The molecule has 1 aromatic rings. The van der Waals surface area contributed by atoms with Gasteiger partial charge in [0.15, 0.2) is 0 Å². The molecule has 1 heterocycles. The molecule has 0 aliphatic heterocycles. The SMILES string of the molecule is N#Cc1ccnc(NCC(N)=O)c1Cl. The van der Waals surface area contributed by atoms with Gasteiger partial charge in [-0.3, -0.25) is 4.79 Å². The summed E-state index contributed by atoms with van der Waals surface area (Å²) in [5.74, 6) is -0.241. The lowest BCUT2D eigenvalue weighted by Crippen LogP contribution is -2.22. The van der Waals surface area contributed by atoms with E-state index in [1.807, 2.05) is 6.07 Å². The molecule has 0 saturated heterocycles. The van der Waals surface area contributed by atoms with Crippen molar-refractivity contribution in [1.82, 2.24) is 4.98 Å². The second-order valence-corrected chi connectivity index (χ2v) is 2.83. The Hall–Kier alpha value is -1.80. The molecule has 0 fully saturated rings. The van der Waals surface area contributed by atoms with Gasteiger partial charge in [-0.2, -0.15) is 5.26 Å². The standard InChI is InChI=1S/C8H7ClN4O/c9-7-5(3-10)1-2-12-8(7)13-4-6(11)14/h1-2H,4H2,(H2,11,14)(H,12,13). The van der Waals surface area contributed by atoms with E-state index in [2.05, 4.69) is 10.3 Å². The maximum atomic E-state index is 10.5. The molecule has 0 aromatic carbocycles. The van der Waals surface area contributed by atoms with Crippen LogP contribution in [0.1, 0.15) is 5.56 Å². The Morgan fingerprint density at radius 3 is 3.07 bits per heavy atom. The van der Waals surface area contributed by atoms with E-state index in [0.29, 0.717) is 5.56 Å². The van der Waals surface area contributed by atoms with Gasteiger partial charge in [0.2, 0.25) is 5.91 Å². The molecule has 0 unspecified atom stereocenters. The summed E-state index contributed by atoms with van der Waals surface area (Å²) in [5, 5.41) is 11.4. The van der Waals surface area contributed by atoms with E-state index in [0.717, 1.165) is 0 Å². The molecule has 0 aliphatic rings. The third-order valence-electron chi connectivity index (χ3n) is 1.44. The fourth-order valence-electron chi connectivity index (χ4n) is 0.824. The number of anilines is 1. The van der Waals surface area contributed by atoms with Gasteiger partial charge >= 0.3 is 0 Å². The maximum Gasteiger partial charge on any atom is 0.236 e.